The van der Waals surface area contributed by atoms with Crippen molar-refractivity contribution in [2.75, 3.05) is 18.8 Å². The van der Waals surface area contributed by atoms with E-state index in [1.807, 2.05) is 31.1 Å². The summed E-state index contributed by atoms with van der Waals surface area (Å²) in [5.74, 6) is 2.21. The van der Waals surface area contributed by atoms with Gasteiger partial charge in [-0.1, -0.05) is 0 Å². The Kier molecular flexibility index (Phi) is 4.90. The highest BCUT2D eigenvalue weighted by molar-refractivity contribution is 8.01. The van der Waals surface area contributed by atoms with Crippen LogP contribution in [0.5, 0.6) is 0 Å². The standard InChI is InChI=1S/C17H26N4O2S/c1-4-20-10-7-18-14(20)12-5-8-21(9-6-12)15(22)13-11-24-17(2,3)16(23)19-13/h7,10,12-13H,4-6,8-9,11H2,1-3H3,(H,19,23). The minimum Gasteiger partial charge on any atom is -0.342 e. The Bertz CT molecular complexity index is 620. The van der Waals surface area contributed by atoms with Crippen LogP contribution in [0.15, 0.2) is 12.4 Å². The first-order valence-corrected chi connectivity index (χ1v) is 9.65. The number of aromatic nitrogens is 2. The molecule has 1 aromatic heterocycles. The molecule has 0 spiro atoms. The summed E-state index contributed by atoms with van der Waals surface area (Å²) in [4.78, 5) is 31.2. The maximum atomic E-state index is 12.7. The molecule has 1 N–H and O–H groups in total. The van der Waals surface area contributed by atoms with E-state index >= 15 is 0 Å². The molecule has 2 aliphatic rings. The Hall–Kier alpha value is -1.50. The number of amides is 2. The van der Waals surface area contributed by atoms with Crippen LogP contribution in [0.4, 0.5) is 0 Å². The minimum absolute atomic E-state index is 0.0445. The summed E-state index contributed by atoms with van der Waals surface area (Å²) >= 11 is 1.56. The number of likely N-dealkylation sites (tertiary alicyclic amines) is 1. The number of hydrogen-bond donors (Lipinski definition) is 1. The highest BCUT2D eigenvalue weighted by atomic mass is 32.2. The van der Waals surface area contributed by atoms with E-state index in [1.165, 1.54) is 0 Å². The molecule has 1 aromatic rings. The summed E-state index contributed by atoms with van der Waals surface area (Å²) in [6.45, 7) is 8.31. The monoisotopic (exact) mass is 350 g/mol. The topological polar surface area (TPSA) is 67.2 Å². The molecule has 132 valence electrons. The quantitative estimate of drug-likeness (QED) is 0.899. The summed E-state index contributed by atoms with van der Waals surface area (Å²) in [5, 5.41) is 2.89. The average Bonchev–Trinajstić information content (AvgIpc) is 3.05. The Morgan fingerprint density at radius 1 is 1.42 bits per heavy atom. The lowest BCUT2D eigenvalue weighted by molar-refractivity contribution is -0.137. The molecule has 0 aromatic carbocycles. The molecule has 1 atom stereocenters. The first kappa shape index (κ1) is 17.3. The van der Waals surface area contributed by atoms with Gasteiger partial charge in [0.15, 0.2) is 0 Å². The van der Waals surface area contributed by atoms with Crippen LogP contribution in [-0.2, 0) is 16.1 Å². The van der Waals surface area contributed by atoms with Gasteiger partial charge >= 0.3 is 0 Å². The summed E-state index contributed by atoms with van der Waals surface area (Å²) in [6, 6.07) is -0.385. The Labute approximate surface area is 147 Å². The van der Waals surface area contributed by atoms with E-state index in [9.17, 15) is 9.59 Å². The maximum absolute atomic E-state index is 12.7. The zero-order valence-electron chi connectivity index (χ0n) is 14.6. The molecule has 3 rings (SSSR count). The predicted octanol–water partition coefficient (Wildman–Crippen LogP) is 1.62. The van der Waals surface area contributed by atoms with E-state index in [2.05, 4.69) is 21.8 Å². The summed E-state index contributed by atoms with van der Waals surface area (Å²) < 4.78 is 1.74. The third-order valence-electron chi connectivity index (χ3n) is 5.02. The van der Waals surface area contributed by atoms with Gasteiger partial charge < -0.3 is 14.8 Å². The number of thioether (sulfide) groups is 1. The van der Waals surface area contributed by atoms with Crippen molar-refractivity contribution in [1.82, 2.24) is 19.8 Å². The van der Waals surface area contributed by atoms with Crippen molar-refractivity contribution in [3.8, 4) is 0 Å². The number of hydrogen-bond acceptors (Lipinski definition) is 4. The highest BCUT2D eigenvalue weighted by Crippen LogP contribution is 2.31. The lowest BCUT2D eigenvalue weighted by Gasteiger charge is -2.38. The molecular weight excluding hydrogens is 324 g/mol. The Morgan fingerprint density at radius 3 is 2.75 bits per heavy atom. The summed E-state index contributed by atoms with van der Waals surface area (Å²) in [7, 11) is 0. The zero-order valence-corrected chi connectivity index (χ0v) is 15.4. The van der Waals surface area contributed by atoms with Gasteiger partial charge in [-0.15, -0.1) is 11.8 Å². The lowest BCUT2D eigenvalue weighted by Crippen LogP contribution is -2.58. The fourth-order valence-electron chi connectivity index (χ4n) is 3.39. The van der Waals surface area contributed by atoms with Crippen LogP contribution in [0.25, 0.3) is 0 Å². The number of imidazole rings is 1. The second-order valence-corrected chi connectivity index (χ2v) is 8.66. The van der Waals surface area contributed by atoms with Crippen LogP contribution in [0.1, 0.15) is 45.4 Å². The number of nitrogens with one attached hydrogen (secondary N) is 1. The predicted molar refractivity (Wildman–Crippen MR) is 94.9 cm³/mol. The van der Waals surface area contributed by atoms with Crippen LogP contribution in [0, 0.1) is 0 Å². The summed E-state index contributed by atoms with van der Waals surface area (Å²) in [5.41, 5.74) is 0. The van der Waals surface area contributed by atoms with Crippen LogP contribution in [-0.4, -0.2) is 55.9 Å². The first-order valence-electron chi connectivity index (χ1n) is 8.67. The Balaban J connectivity index is 1.57. The van der Waals surface area contributed by atoms with Crippen molar-refractivity contribution in [3.63, 3.8) is 0 Å². The third-order valence-corrected chi connectivity index (χ3v) is 6.43. The second kappa shape index (κ2) is 6.78. The van der Waals surface area contributed by atoms with Crippen LogP contribution < -0.4 is 5.32 Å². The molecule has 6 nitrogen and oxygen atoms in total. The summed E-state index contributed by atoms with van der Waals surface area (Å²) in [6.07, 6.45) is 5.74. The largest absolute Gasteiger partial charge is 0.342 e. The molecule has 7 heteroatoms. The van der Waals surface area contributed by atoms with E-state index in [0.29, 0.717) is 11.7 Å². The number of nitrogens with zero attached hydrogens (tertiary/aromatic N) is 3. The Morgan fingerprint density at radius 2 is 2.12 bits per heavy atom. The van der Waals surface area contributed by atoms with Crippen LogP contribution in [0.2, 0.25) is 0 Å². The van der Waals surface area contributed by atoms with E-state index in [4.69, 9.17) is 0 Å². The van der Waals surface area contributed by atoms with Crippen molar-refractivity contribution in [2.24, 2.45) is 0 Å². The third kappa shape index (κ3) is 3.31. The van der Waals surface area contributed by atoms with Gasteiger partial charge in [0.25, 0.3) is 0 Å². The van der Waals surface area contributed by atoms with Gasteiger partial charge in [0.2, 0.25) is 11.8 Å². The van der Waals surface area contributed by atoms with Crippen molar-refractivity contribution in [2.45, 2.75) is 56.9 Å². The van der Waals surface area contributed by atoms with Gasteiger partial charge in [-0.25, -0.2) is 4.98 Å². The minimum atomic E-state index is -0.443. The fraction of sp³-hybridized carbons (Fsp3) is 0.706. The van der Waals surface area contributed by atoms with Crippen molar-refractivity contribution in [3.05, 3.63) is 18.2 Å². The van der Waals surface area contributed by atoms with Crippen molar-refractivity contribution < 1.29 is 9.59 Å². The molecule has 0 bridgehead atoms. The maximum Gasteiger partial charge on any atom is 0.246 e. The van der Waals surface area contributed by atoms with Crippen molar-refractivity contribution >= 4 is 23.6 Å². The fourth-order valence-corrected chi connectivity index (χ4v) is 4.39. The molecule has 1 unspecified atom stereocenters. The molecule has 0 aliphatic carbocycles. The molecule has 2 aliphatic heterocycles. The number of rotatable bonds is 3. The van der Waals surface area contributed by atoms with Crippen molar-refractivity contribution in [1.29, 1.82) is 0 Å². The number of piperidine rings is 1. The van der Waals surface area contributed by atoms with Crippen LogP contribution >= 0.6 is 11.8 Å². The zero-order chi connectivity index (χ0) is 17.3. The van der Waals surface area contributed by atoms with Gasteiger partial charge in [0.05, 0.1) is 4.75 Å². The number of aryl methyl sites for hydroxylation is 1. The van der Waals surface area contributed by atoms with Gasteiger partial charge in [-0.2, -0.15) is 0 Å². The SMILES string of the molecule is CCn1ccnc1C1CCN(C(=O)C2CSC(C)(C)C(=O)N2)CC1. The van der Waals surface area contributed by atoms with Gasteiger partial charge in [0.1, 0.15) is 11.9 Å². The molecule has 2 saturated heterocycles. The first-order chi connectivity index (χ1) is 11.4. The van der Waals surface area contributed by atoms with Gasteiger partial charge in [-0.3, -0.25) is 9.59 Å². The van der Waals surface area contributed by atoms with Gasteiger partial charge in [0, 0.05) is 43.7 Å². The highest BCUT2D eigenvalue weighted by Gasteiger charge is 2.40. The van der Waals surface area contributed by atoms with E-state index in [0.717, 1.165) is 38.3 Å². The molecule has 0 saturated carbocycles. The normalized spacial score (nSPS) is 24.7. The van der Waals surface area contributed by atoms with Crippen LogP contribution in [0.3, 0.4) is 0 Å². The number of carbonyl (C=O) groups is 2. The van der Waals surface area contributed by atoms with Gasteiger partial charge in [-0.05, 0) is 33.6 Å². The smallest absolute Gasteiger partial charge is 0.246 e. The van der Waals surface area contributed by atoms with E-state index < -0.39 is 4.75 Å². The van der Waals surface area contributed by atoms with E-state index in [1.54, 1.807) is 11.8 Å². The molecular formula is C17H26N4O2S. The number of carbonyl (C=O) groups excluding carboxylic acids is 2. The van der Waals surface area contributed by atoms with E-state index in [-0.39, 0.29) is 17.9 Å². The molecule has 3 heterocycles. The second-order valence-electron chi connectivity index (χ2n) is 7.02. The molecule has 2 amide bonds. The molecule has 24 heavy (non-hydrogen) atoms. The molecule has 2 fully saturated rings. The molecule has 0 radical (unpaired) electrons. The average molecular weight is 350 g/mol. The lowest BCUT2D eigenvalue weighted by atomic mass is 9.95.